The van der Waals surface area contributed by atoms with Crippen molar-refractivity contribution in [2.24, 2.45) is 0 Å². The number of hydrogen-bond donors (Lipinski definition) is 2. The van der Waals surface area contributed by atoms with Crippen LogP contribution in [0, 0.1) is 6.92 Å². The van der Waals surface area contributed by atoms with Crippen molar-refractivity contribution < 1.29 is 9.90 Å². The molecule has 0 spiro atoms. The van der Waals surface area contributed by atoms with Gasteiger partial charge in [0.25, 0.3) is 0 Å². The Labute approximate surface area is 132 Å². The number of rotatable bonds is 7. The summed E-state index contributed by atoms with van der Waals surface area (Å²) in [7, 11) is 0. The van der Waals surface area contributed by atoms with Crippen molar-refractivity contribution in [2.75, 3.05) is 52.4 Å². The molecule has 0 saturated carbocycles. The number of aliphatic hydroxyl groups is 1. The van der Waals surface area contributed by atoms with Gasteiger partial charge < -0.3 is 10.4 Å². The third-order valence-electron chi connectivity index (χ3n) is 4.23. The third-order valence-corrected chi connectivity index (χ3v) is 4.23. The molecule has 1 aliphatic heterocycles. The zero-order valence-corrected chi connectivity index (χ0v) is 13.4. The molecule has 5 heteroatoms. The highest BCUT2D eigenvalue weighted by Crippen LogP contribution is 2.06. The van der Waals surface area contributed by atoms with E-state index in [0.29, 0.717) is 13.1 Å². The standard InChI is InChI=1S/C17H27N3O2/c1-15-4-2-3-5-16(15)6-7-18-17(22)14-20-10-8-19(9-11-20)12-13-21/h2-5,21H,6-14H2,1H3,(H,18,22). The van der Waals surface area contributed by atoms with E-state index in [1.54, 1.807) is 0 Å². The van der Waals surface area contributed by atoms with Crippen LogP contribution in [0.2, 0.25) is 0 Å². The molecule has 1 heterocycles. The molecule has 122 valence electrons. The Balaban J connectivity index is 1.63. The molecule has 1 aromatic carbocycles. The summed E-state index contributed by atoms with van der Waals surface area (Å²) in [5, 5.41) is 11.9. The summed E-state index contributed by atoms with van der Waals surface area (Å²) < 4.78 is 0. The van der Waals surface area contributed by atoms with Crippen molar-refractivity contribution in [3.63, 3.8) is 0 Å². The summed E-state index contributed by atoms with van der Waals surface area (Å²) in [5.74, 6) is 0.101. The van der Waals surface area contributed by atoms with Gasteiger partial charge in [-0.2, -0.15) is 0 Å². The number of hydrogen-bond acceptors (Lipinski definition) is 4. The summed E-state index contributed by atoms with van der Waals surface area (Å²) in [6.45, 7) is 7.85. The van der Waals surface area contributed by atoms with E-state index in [2.05, 4.69) is 34.2 Å². The molecule has 22 heavy (non-hydrogen) atoms. The summed E-state index contributed by atoms with van der Waals surface area (Å²) >= 11 is 0. The molecule has 0 bridgehead atoms. The monoisotopic (exact) mass is 305 g/mol. The van der Waals surface area contributed by atoms with E-state index in [1.807, 2.05) is 12.1 Å². The lowest BCUT2D eigenvalue weighted by atomic mass is 10.1. The van der Waals surface area contributed by atoms with E-state index >= 15 is 0 Å². The molecule has 2 rings (SSSR count). The molecule has 1 fully saturated rings. The fraction of sp³-hybridized carbons (Fsp3) is 0.588. The van der Waals surface area contributed by atoms with Crippen molar-refractivity contribution in [2.45, 2.75) is 13.3 Å². The Morgan fingerprint density at radius 2 is 1.86 bits per heavy atom. The summed E-state index contributed by atoms with van der Waals surface area (Å²) in [4.78, 5) is 16.4. The first-order valence-corrected chi connectivity index (χ1v) is 8.06. The Kier molecular flexibility index (Phi) is 6.83. The van der Waals surface area contributed by atoms with Crippen LogP contribution in [0.3, 0.4) is 0 Å². The van der Waals surface area contributed by atoms with Gasteiger partial charge in [-0.25, -0.2) is 0 Å². The highest BCUT2D eigenvalue weighted by atomic mass is 16.3. The van der Waals surface area contributed by atoms with E-state index in [0.717, 1.165) is 39.1 Å². The van der Waals surface area contributed by atoms with Crippen molar-refractivity contribution >= 4 is 5.91 Å². The minimum absolute atomic E-state index is 0.101. The maximum absolute atomic E-state index is 12.0. The molecule has 5 nitrogen and oxygen atoms in total. The second-order valence-electron chi connectivity index (χ2n) is 5.87. The first-order valence-electron chi connectivity index (χ1n) is 8.06. The predicted molar refractivity (Wildman–Crippen MR) is 87.9 cm³/mol. The van der Waals surface area contributed by atoms with Gasteiger partial charge in [0, 0.05) is 39.3 Å². The minimum Gasteiger partial charge on any atom is -0.395 e. The molecule has 0 unspecified atom stereocenters. The molecule has 1 aliphatic rings. The first-order chi connectivity index (χ1) is 10.7. The van der Waals surface area contributed by atoms with Crippen molar-refractivity contribution in [3.05, 3.63) is 35.4 Å². The Morgan fingerprint density at radius 1 is 1.18 bits per heavy atom. The summed E-state index contributed by atoms with van der Waals surface area (Å²) in [5.41, 5.74) is 2.57. The minimum atomic E-state index is 0.101. The number of piperazine rings is 1. The van der Waals surface area contributed by atoms with Gasteiger partial charge in [0.2, 0.25) is 5.91 Å². The van der Waals surface area contributed by atoms with Crippen LogP contribution in [0.4, 0.5) is 0 Å². The first kappa shape index (κ1) is 16.9. The second kappa shape index (κ2) is 8.88. The van der Waals surface area contributed by atoms with Crippen molar-refractivity contribution in [3.8, 4) is 0 Å². The van der Waals surface area contributed by atoms with Crippen molar-refractivity contribution in [1.29, 1.82) is 0 Å². The van der Waals surface area contributed by atoms with Gasteiger partial charge >= 0.3 is 0 Å². The van der Waals surface area contributed by atoms with Gasteiger partial charge in [-0.05, 0) is 24.5 Å². The number of carbonyl (C=O) groups is 1. The lowest BCUT2D eigenvalue weighted by Gasteiger charge is -2.33. The zero-order valence-electron chi connectivity index (χ0n) is 13.4. The van der Waals surface area contributed by atoms with Gasteiger partial charge in [0.15, 0.2) is 0 Å². The maximum Gasteiger partial charge on any atom is 0.234 e. The lowest BCUT2D eigenvalue weighted by molar-refractivity contribution is -0.122. The molecule has 1 saturated heterocycles. The van der Waals surface area contributed by atoms with Crippen LogP contribution in [-0.4, -0.2) is 73.2 Å². The largest absolute Gasteiger partial charge is 0.395 e. The zero-order chi connectivity index (χ0) is 15.8. The number of nitrogens with zero attached hydrogens (tertiary/aromatic N) is 2. The molecule has 2 N–H and O–H groups in total. The van der Waals surface area contributed by atoms with Gasteiger partial charge in [0.1, 0.15) is 0 Å². The van der Waals surface area contributed by atoms with Crippen LogP contribution in [0.1, 0.15) is 11.1 Å². The highest BCUT2D eigenvalue weighted by Gasteiger charge is 2.18. The van der Waals surface area contributed by atoms with Crippen LogP contribution in [0.15, 0.2) is 24.3 Å². The molecular weight excluding hydrogens is 278 g/mol. The number of benzene rings is 1. The summed E-state index contributed by atoms with van der Waals surface area (Å²) in [6, 6.07) is 8.29. The second-order valence-corrected chi connectivity index (χ2v) is 5.87. The molecular formula is C17H27N3O2. The Hall–Kier alpha value is -1.43. The van der Waals surface area contributed by atoms with Crippen LogP contribution in [0.5, 0.6) is 0 Å². The Bertz CT molecular complexity index is 471. The number of aliphatic hydroxyl groups excluding tert-OH is 1. The average molecular weight is 305 g/mol. The Morgan fingerprint density at radius 3 is 2.55 bits per heavy atom. The maximum atomic E-state index is 12.0. The van der Waals surface area contributed by atoms with E-state index in [1.165, 1.54) is 11.1 Å². The van der Waals surface area contributed by atoms with Crippen LogP contribution >= 0.6 is 0 Å². The SMILES string of the molecule is Cc1ccccc1CCNC(=O)CN1CCN(CCO)CC1. The van der Waals surface area contributed by atoms with E-state index in [-0.39, 0.29) is 12.5 Å². The number of β-amino-alcohol motifs (C(OH)–C–C–N with tert-alkyl or cyclic N) is 1. The van der Waals surface area contributed by atoms with Crippen molar-refractivity contribution in [1.82, 2.24) is 15.1 Å². The highest BCUT2D eigenvalue weighted by molar-refractivity contribution is 5.78. The van der Waals surface area contributed by atoms with E-state index in [9.17, 15) is 4.79 Å². The molecule has 0 atom stereocenters. The molecule has 1 aromatic rings. The molecule has 0 aliphatic carbocycles. The fourth-order valence-electron chi connectivity index (χ4n) is 2.80. The van der Waals surface area contributed by atoms with Gasteiger partial charge in [0.05, 0.1) is 13.2 Å². The van der Waals surface area contributed by atoms with Gasteiger partial charge in [-0.3, -0.25) is 14.6 Å². The molecule has 0 radical (unpaired) electrons. The van der Waals surface area contributed by atoms with E-state index < -0.39 is 0 Å². The smallest absolute Gasteiger partial charge is 0.234 e. The normalized spacial score (nSPS) is 16.6. The molecule has 0 aromatic heterocycles. The third kappa shape index (κ3) is 5.40. The predicted octanol–water partition coefficient (Wildman–Crippen LogP) is 0.264. The molecule has 1 amide bonds. The number of carbonyl (C=O) groups excluding carboxylic acids is 1. The fourth-order valence-corrected chi connectivity index (χ4v) is 2.80. The van der Waals surface area contributed by atoms with Gasteiger partial charge in [-0.15, -0.1) is 0 Å². The number of nitrogens with one attached hydrogen (secondary N) is 1. The van der Waals surface area contributed by atoms with Crippen LogP contribution in [0.25, 0.3) is 0 Å². The van der Waals surface area contributed by atoms with Crippen LogP contribution in [-0.2, 0) is 11.2 Å². The lowest BCUT2D eigenvalue weighted by Crippen LogP contribution is -2.50. The average Bonchev–Trinajstić information content (AvgIpc) is 2.51. The summed E-state index contributed by atoms with van der Waals surface area (Å²) in [6.07, 6.45) is 0.878. The van der Waals surface area contributed by atoms with E-state index in [4.69, 9.17) is 5.11 Å². The van der Waals surface area contributed by atoms with Gasteiger partial charge in [-0.1, -0.05) is 24.3 Å². The number of aryl methyl sites for hydroxylation is 1. The number of amides is 1. The quantitative estimate of drug-likeness (QED) is 0.759. The topological polar surface area (TPSA) is 55.8 Å². The van der Waals surface area contributed by atoms with Crippen LogP contribution < -0.4 is 5.32 Å².